The summed E-state index contributed by atoms with van der Waals surface area (Å²) in [6, 6.07) is 0. The van der Waals surface area contributed by atoms with Gasteiger partial charge in [-0.3, -0.25) is 14.4 Å². The average Bonchev–Trinajstić information content (AvgIpc) is 2.20. The average molecular weight is 216 g/mol. The molecule has 1 aliphatic rings. The smallest absolute Gasteiger partial charge is 0.321 e. The monoisotopic (exact) mass is 216 g/mol. The molecule has 0 aliphatic carbocycles. The van der Waals surface area contributed by atoms with Crippen LogP contribution in [0.5, 0.6) is 0 Å². The predicted molar refractivity (Wildman–Crippen MR) is 47.0 cm³/mol. The molecule has 2 atom stereocenters. The van der Waals surface area contributed by atoms with E-state index >= 15 is 0 Å². The van der Waals surface area contributed by atoms with Gasteiger partial charge in [-0.2, -0.15) is 0 Å². The van der Waals surface area contributed by atoms with E-state index < -0.39 is 41.8 Å². The lowest BCUT2D eigenvalue weighted by atomic mass is 9.81. The highest BCUT2D eigenvalue weighted by Crippen LogP contribution is 2.39. The van der Waals surface area contributed by atoms with Gasteiger partial charge in [0.2, 0.25) is 0 Å². The van der Waals surface area contributed by atoms with Crippen molar-refractivity contribution in [2.75, 3.05) is 0 Å². The molecule has 0 spiro atoms. The molecule has 15 heavy (non-hydrogen) atoms. The first kappa shape index (κ1) is 11.5. The van der Waals surface area contributed by atoms with E-state index in [0.29, 0.717) is 0 Å². The summed E-state index contributed by atoms with van der Waals surface area (Å²) < 4.78 is 4.85. The van der Waals surface area contributed by atoms with E-state index in [9.17, 15) is 14.4 Å². The van der Waals surface area contributed by atoms with Crippen molar-refractivity contribution < 1.29 is 29.3 Å². The van der Waals surface area contributed by atoms with Crippen molar-refractivity contribution in [2.45, 2.75) is 25.9 Å². The zero-order chi connectivity index (χ0) is 11.8. The highest BCUT2D eigenvalue weighted by Gasteiger charge is 2.54. The van der Waals surface area contributed by atoms with Crippen molar-refractivity contribution in [3.63, 3.8) is 0 Å². The maximum Gasteiger partial charge on any atom is 0.321 e. The van der Waals surface area contributed by atoms with Crippen LogP contribution < -0.4 is 0 Å². The number of carbonyl (C=O) groups excluding carboxylic acids is 1. The normalized spacial score (nSPS) is 28.5. The van der Waals surface area contributed by atoms with E-state index in [4.69, 9.17) is 14.9 Å². The Labute approximate surface area is 85.8 Å². The van der Waals surface area contributed by atoms with Gasteiger partial charge in [0.15, 0.2) is 5.92 Å². The number of ether oxygens (including phenoxy) is 1. The summed E-state index contributed by atoms with van der Waals surface area (Å²) in [4.78, 5) is 32.6. The highest BCUT2D eigenvalue weighted by molar-refractivity contribution is 5.96. The van der Waals surface area contributed by atoms with Gasteiger partial charge in [-0.1, -0.05) is 0 Å². The van der Waals surface area contributed by atoms with E-state index in [-0.39, 0.29) is 0 Å². The number of hydrogen-bond acceptors (Lipinski definition) is 4. The maximum absolute atomic E-state index is 11.2. The summed E-state index contributed by atoms with van der Waals surface area (Å²) in [5.41, 5.74) is -1.04. The Morgan fingerprint density at radius 3 is 2.33 bits per heavy atom. The van der Waals surface area contributed by atoms with E-state index in [1.165, 1.54) is 13.8 Å². The Morgan fingerprint density at radius 1 is 1.40 bits per heavy atom. The molecule has 2 N–H and O–H groups in total. The van der Waals surface area contributed by atoms with Gasteiger partial charge in [-0.25, -0.2) is 0 Å². The zero-order valence-corrected chi connectivity index (χ0v) is 8.39. The molecule has 6 nitrogen and oxygen atoms in total. The fraction of sp³-hybridized carbons (Fsp3) is 0.667. The summed E-state index contributed by atoms with van der Waals surface area (Å²) >= 11 is 0. The minimum Gasteiger partial charge on any atom is -0.481 e. The van der Waals surface area contributed by atoms with Gasteiger partial charge in [0.25, 0.3) is 0 Å². The summed E-state index contributed by atoms with van der Waals surface area (Å²) in [6.45, 7) is 3.03. The van der Waals surface area contributed by atoms with Crippen molar-refractivity contribution in [2.24, 2.45) is 11.8 Å². The second kappa shape index (κ2) is 3.52. The van der Waals surface area contributed by atoms with Gasteiger partial charge in [0, 0.05) is 5.92 Å². The Bertz CT molecular complexity index is 319. The van der Waals surface area contributed by atoms with Crippen LogP contribution in [0.25, 0.3) is 0 Å². The number of carbonyl (C=O) groups is 3. The molecule has 6 heteroatoms. The molecule has 84 valence electrons. The van der Waals surface area contributed by atoms with Gasteiger partial charge >= 0.3 is 17.9 Å². The number of cyclic esters (lactones) is 1. The third-order valence-electron chi connectivity index (χ3n) is 2.57. The molecule has 1 fully saturated rings. The Balaban J connectivity index is 2.99. The summed E-state index contributed by atoms with van der Waals surface area (Å²) in [5.74, 6) is -5.55. The summed E-state index contributed by atoms with van der Waals surface area (Å²) in [6.07, 6.45) is -0.393. The molecule has 0 bridgehead atoms. The second-order valence-corrected chi connectivity index (χ2v) is 4.04. The minimum absolute atomic E-state index is 0.393. The number of carboxylic acid groups (broad SMARTS) is 2. The first-order valence-electron chi connectivity index (χ1n) is 4.43. The maximum atomic E-state index is 11.2. The van der Waals surface area contributed by atoms with Gasteiger partial charge < -0.3 is 14.9 Å². The molecular formula is C9H12O6. The SMILES string of the molecule is CC1(C)OC(=O)C(C(=O)O)C1CC(=O)O. The lowest BCUT2D eigenvalue weighted by Crippen LogP contribution is -2.34. The van der Waals surface area contributed by atoms with E-state index in [1.54, 1.807) is 0 Å². The van der Waals surface area contributed by atoms with Gasteiger partial charge in [-0.05, 0) is 13.8 Å². The molecule has 1 heterocycles. The minimum atomic E-state index is -1.38. The second-order valence-electron chi connectivity index (χ2n) is 4.04. The number of aliphatic carboxylic acids is 2. The Kier molecular flexibility index (Phi) is 2.70. The summed E-state index contributed by atoms with van der Waals surface area (Å²) in [5, 5.41) is 17.4. The van der Waals surface area contributed by atoms with Crippen LogP contribution in [0, 0.1) is 11.8 Å². The Hall–Kier alpha value is -1.59. The van der Waals surface area contributed by atoms with Crippen LogP contribution in [-0.2, 0) is 19.1 Å². The number of hydrogen-bond donors (Lipinski definition) is 2. The van der Waals surface area contributed by atoms with Crippen LogP contribution in [0.15, 0.2) is 0 Å². The first-order valence-corrected chi connectivity index (χ1v) is 4.43. The molecule has 0 radical (unpaired) electrons. The van der Waals surface area contributed by atoms with Gasteiger partial charge in [0.05, 0.1) is 6.42 Å². The van der Waals surface area contributed by atoms with Crippen LogP contribution in [0.3, 0.4) is 0 Å². The van der Waals surface area contributed by atoms with Crippen molar-refractivity contribution in [1.82, 2.24) is 0 Å². The topological polar surface area (TPSA) is 101 Å². The van der Waals surface area contributed by atoms with Crippen LogP contribution in [0.4, 0.5) is 0 Å². The number of rotatable bonds is 3. The molecule has 0 saturated carbocycles. The quantitative estimate of drug-likeness (QED) is 0.513. The van der Waals surface area contributed by atoms with Crippen molar-refractivity contribution >= 4 is 17.9 Å². The third-order valence-corrected chi connectivity index (χ3v) is 2.57. The van der Waals surface area contributed by atoms with Gasteiger partial charge in [-0.15, -0.1) is 0 Å². The van der Waals surface area contributed by atoms with Crippen molar-refractivity contribution in [1.29, 1.82) is 0 Å². The molecule has 1 saturated heterocycles. The number of esters is 1. The van der Waals surface area contributed by atoms with Gasteiger partial charge in [0.1, 0.15) is 5.60 Å². The van der Waals surface area contributed by atoms with E-state index in [2.05, 4.69) is 0 Å². The molecular weight excluding hydrogens is 204 g/mol. The van der Waals surface area contributed by atoms with E-state index in [0.717, 1.165) is 0 Å². The van der Waals surface area contributed by atoms with Crippen LogP contribution >= 0.6 is 0 Å². The van der Waals surface area contributed by atoms with Crippen molar-refractivity contribution in [3.8, 4) is 0 Å². The third kappa shape index (κ3) is 2.08. The lowest BCUT2D eigenvalue weighted by molar-refractivity contribution is -0.154. The zero-order valence-electron chi connectivity index (χ0n) is 8.39. The largest absolute Gasteiger partial charge is 0.481 e. The van der Waals surface area contributed by atoms with Crippen molar-refractivity contribution in [3.05, 3.63) is 0 Å². The van der Waals surface area contributed by atoms with E-state index in [1.807, 2.05) is 0 Å². The van der Waals surface area contributed by atoms with Crippen LogP contribution in [-0.4, -0.2) is 33.7 Å². The molecule has 0 amide bonds. The fourth-order valence-corrected chi connectivity index (χ4v) is 1.79. The molecule has 1 aliphatic heterocycles. The number of carboxylic acids is 2. The molecule has 0 aromatic heterocycles. The Morgan fingerprint density at radius 2 is 1.93 bits per heavy atom. The molecule has 0 aromatic rings. The summed E-state index contributed by atoms with van der Waals surface area (Å²) in [7, 11) is 0. The molecule has 2 unspecified atom stereocenters. The van der Waals surface area contributed by atoms with Crippen LogP contribution in [0.2, 0.25) is 0 Å². The van der Waals surface area contributed by atoms with Crippen LogP contribution in [0.1, 0.15) is 20.3 Å². The standard InChI is InChI=1S/C9H12O6/c1-9(2)4(3-5(10)11)6(7(12)13)8(14)15-9/h4,6H,3H2,1-2H3,(H,10,11)(H,12,13). The molecule has 0 aromatic carbocycles. The fourth-order valence-electron chi connectivity index (χ4n) is 1.79. The highest BCUT2D eigenvalue weighted by atomic mass is 16.6. The molecule has 1 rings (SSSR count). The lowest BCUT2D eigenvalue weighted by Gasteiger charge is -2.24. The predicted octanol–water partition coefficient (Wildman–Crippen LogP) is 0.114. The first-order chi connectivity index (χ1) is 6.75.